The smallest absolute Gasteiger partial charge is 0.313 e. The summed E-state index contributed by atoms with van der Waals surface area (Å²) in [4.78, 5) is 48.7. The molecule has 31 heavy (non-hydrogen) atoms. The van der Waals surface area contributed by atoms with Crippen molar-refractivity contribution in [2.45, 2.75) is 52.4 Å². The molecule has 9 heteroatoms. The van der Waals surface area contributed by atoms with Crippen molar-refractivity contribution in [3.05, 3.63) is 35.9 Å². The fourth-order valence-electron chi connectivity index (χ4n) is 3.81. The Bertz CT molecular complexity index is 811. The normalized spacial score (nSPS) is 18.5. The maximum absolute atomic E-state index is 12.8. The first-order valence-electron chi connectivity index (χ1n) is 10.5. The Balaban J connectivity index is 2.02. The van der Waals surface area contributed by atoms with Crippen LogP contribution in [0, 0.1) is 5.41 Å². The molecular weight excluding hydrogens is 416 g/mol. The zero-order valence-corrected chi connectivity index (χ0v) is 20.0. The molecule has 0 unspecified atom stereocenters. The molecule has 0 spiro atoms. The number of amides is 2. The number of esters is 1. The lowest BCUT2D eigenvalue weighted by Gasteiger charge is -2.56. The number of benzene rings is 1. The van der Waals surface area contributed by atoms with Gasteiger partial charge in [0.1, 0.15) is 28.0 Å². The molecule has 1 aliphatic heterocycles. The maximum atomic E-state index is 12.8. The Hall–Kier alpha value is -2.52. The molecule has 0 saturated carbocycles. The summed E-state index contributed by atoms with van der Waals surface area (Å²) in [5.41, 5.74) is -0.0165. The van der Waals surface area contributed by atoms with Crippen molar-refractivity contribution in [2.24, 2.45) is 5.41 Å². The van der Waals surface area contributed by atoms with Crippen LogP contribution in [0.15, 0.2) is 30.3 Å². The lowest BCUT2D eigenvalue weighted by Crippen LogP contribution is -2.77. The van der Waals surface area contributed by atoms with E-state index < -0.39 is 26.4 Å². The van der Waals surface area contributed by atoms with Gasteiger partial charge >= 0.3 is 5.97 Å². The molecule has 1 aliphatic rings. The minimum Gasteiger partial charge on any atom is -0.466 e. The predicted octanol–water partition coefficient (Wildman–Crippen LogP) is 1.54. The van der Waals surface area contributed by atoms with Crippen molar-refractivity contribution >= 4 is 32.5 Å². The average Bonchev–Trinajstić information content (AvgIpc) is 2.69. The predicted molar refractivity (Wildman–Crippen MR) is 118 cm³/mol. The van der Waals surface area contributed by atoms with Crippen LogP contribution in [-0.2, 0) is 23.9 Å². The zero-order valence-electron chi connectivity index (χ0n) is 18.8. The summed E-state index contributed by atoms with van der Waals surface area (Å²) in [6.07, 6.45) is -0.322. The Morgan fingerprint density at radius 1 is 1.16 bits per heavy atom. The molecule has 1 fully saturated rings. The van der Waals surface area contributed by atoms with Gasteiger partial charge < -0.3 is 19.4 Å². The molecule has 1 N–H and O–H groups in total. The van der Waals surface area contributed by atoms with E-state index in [2.05, 4.69) is 18.4 Å². The summed E-state index contributed by atoms with van der Waals surface area (Å²) >= 11 is 0. The van der Waals surface area contributed by atoms with Gasteiger partial charge in [-0.15, -0.1) is 0 Å². The van der Waals surface area contributed by atoms with Crippen LogP contribution in [0.5, 0.6) is 0 Å². The third kappa shape index (κ3) is 6.24. The summed E-state index contributed by atoms with van der Waals surface area (Å²) < 4.78 is 12.2. The molecule has 8 nitrogen and oxygen atoms in total. The molecule has 1 aromatic rings. The van der Waals surface area contributed by atoms with Crippen LogP contribution in [0.3, 0.4) is 0 Å². The highest BCUT2D eigenvalue weighted by Gasteiger charge is 2.55. The first kappa shape index (κ1) is 24.7. The third-order valence-corrected chi connectivity index (χ3v) is 6.89. The monoisotopic (exact) mass is 448 g/mol. The van der Waals surface area contributed by atoms with E-state index in [1.54, 1.807) is 31.2 Å². The van der Waals surface area contributed by atoms with Crippen molar-refractivity contribution in [2.75, 3.05) is 19.8 Å². The Labute approximate surface area is 185 Å². The van der Waals surface area contributed by atoms with E-state index in [1.807, 2.05) is 24.5 Å². The molecule has 0 bridgehead atoms. The fraction of sp³-hybridized carbons (Fsp3) is 0.545. The van der Waals surface area contributed by atoms with E-state index in [9.17, 15) is 19.2 Å². The number of hydrogen-bond acceptors (Lipinski definition) is 6. The van der Waals surface area contributed by atoms with Crippen LogP contribution >= 0.6 is 0 Å². The second kappa shape index (κ2) is 10.7. The average molecular weight is 449 g/mol. The van der Waals surface area contributed by atoms with Crippen molar-refractivity contribution in [1.82, 2.24) is 9.88 Å². The van der Waals surface area contributed by atoms with Gasteiger partial charge in [0.05, 0.1) is 19.3 Å². The second-order valence-electron chi connectivity index (χ2n) is 8.60. The van der Waals surface area contributed by atoms with Crippen LogP contribution < -0.4 is 5.32 Å². The topological polar surface area (TPSA) is 102 Å². The highest BCUT2D eigenvalue weighted by Crippen LogP contribution is 2.37. The molecule has 0 radical (unpaired) electrons. The van der Waals surface area contributed by atoms with Gasteiger partial charge in [0.2, 0.25) is 5.91 Å². The van der Waals surface area contributed by atoms with Gasteiger partial charge in [-0.1, -0.05) is 45.1 Å². The first-order valence-corrected chi connectivity index (χ1v) is 13.3. The lowest BCUT2D eigenvalue weighted by molar-refractivity contribution is -0.152. The second-order valence-corrected chi connectivity index (χ2v) is 11.3. The van der Waals surface area contributed by atoms with Crippen molar-refractivity contribution in [1.29, 1.82) is 0 Å². The largest absolute Gasteiger partial charge is 0.466 e. The summed E-state index contributed by atoms with van der Waals surface area (Å²) in [6, 6.07) is 7.89. The SMILES string of the molecule is CCOC(=O)CC(=O)COCC(C)(C)[C@@H]1[C@@H](NC(=O)c2ccccc2)C(=O)N1[SiH](C)C. The van der Waals surface area contributed by atoms with Gasteiger partial charge in [0.25, 0.3) is 5.91 Å². The summed E-state index contributed by atoms with van der Waals surface area (Å²) in [5.74, 6) is -1.30. The van der Waals surface area contributed by atoms with Crippen molar-refractivity contribution in [3.8, 4) is 0 Å². The van der Waals surface area contributed by atoms with Gasteiger partial charge in [-0.25, -0.2) is 0 Å². The molecule has 0 aliphatic carbocycles. The van der Waals surface area contributed by atoms with Gasteiger partial charge in [-0.3, -0.25) is 19.2 Å². The van der Waals surface area contributed by atoms with E-state index in [0.717, 1.165) is 0 Å². The Kier molecular flexibility index (Phi) is 8.52. The quantitative estimate of drug-likeness (QED) is 0.238. The number of Topliss-reactive ketones (excluding diaryl/α,β-unsaturated/α-hetero) is 1. The maximum Gasteiger partial charge on any atom is 0.313 e. The van der Waals surface area contributed by atoms with Gasteiger partial charge in [0, 0.05) is 11.0 Å². The molecule has 170 valence electrons. The number of nitrogens with zero attached hydrogens (tertiary/aromatic N) is 1. The number of β-lactam (4-membered cyclic amide) rings is 1. The highest BCUT2D eigenvalue weighted by atomic mass is 28.3. The van der Waals surface area contributed by atoms with E-state index in [-0.39, 0.29) is 49.9 Å². The number of nitrogens with one attached hydrogen (secondary N) is 1. The van der Waals surface area contributed by atoms with Gasteiger partial charge in [-0.2, -0.15) is 0 Å². The van der Waals surface area contributed by atoms with Gasteiger partial charge in [-0.05, 0) is 19.1 Å². The van der Waals surface area contributed by atoms with Crippen molar-refractivity contribution < 1.29 is 28.7 Å². The number of ketones is 1. The summed E-state index contributed by atoms with van der Waals surface area (Å²) in [7, 11) is -1.48. The molecule has 0 aromatic heterocycles. The lowest BCUT2D eigenvalue weighted by atomic mass is 9.76. The number of hydrogen-bond donors (Lipinski definition) is 1. The van der Waals surface area contributed by atoms with Crippen LogP contribution in [-0.4, -0.2) is 69.0 Å². The number of carbonyl (C=O) groups excluding carboxylic acids is 4. The molecule has 1 saturated heterocycles. The van der Waals surface area contributed by atoms with Crippen LogP contribution in [0.4, 0.5) is 0 Å². The van der Waals surface area contributed by atoms with E-state index in [0.29, 0.717) is 5.56 Å². The summed E-state index contributed by atoms with van der Waals surface area (Å²) in [5, 5.41) is 2.87. The molecule has 2 rings (SSSR count). The molecule has 1 heterocycles. The highest BCUT2D eigenvalue weighted by molar-refractivity contribution is 6.57. The molecule has 2 atom stereocenters. The number of rotatable bonds is 11. The standard InChI is InChI=1S/C22H32N2O6Si/c1-6-30-17(26)12-16(25)13-29-14-22(2,3)19-18(21(28)24(19)31(4)5)23-20(27)15-10-8-7-9-11-15/h7-11,18-19,31H,6,12-14H2,1-5H3,(H,23,27)/t18-,19+/m1/s1. The first-order chi connectivity index (χ1) is 14.6. The molecule has 1 aromatic carbocycles. The van der Waals surface area contributed by atoms with Crippen molar-refractivity contribution in [3.63, 3.8) is 0 Å². The van der Waals surface area contributed by atoms with Crippen LogP contribution in [0.25, 0.3) is 0 Å². The molecule has 2 amide bonds. The Morgan fingerprint density at radius 2 is 1.81 bits per heavy atom. The Morgan fingerprint density at radius 3 is 2.39 bits per heavy atom. The van der Waals surface area contributed by atoms with Crippen LogP contribution in [0.1, 0.15) is 37.6 Å². The van der Waals surface area contributed by atoms with E-state index >= 15 is 0 Å². The van der Waals surface area contributed by atoms with E-state index in [4.69, 9.17) is 9.47 Å². The minimum atomic E-state index is -1.48. The number of carbonyl (C=O) groups is 4. The van der Waals surface area contributed by atoms with E-state index in [1.165, 1.54) is 0 Å². The summed E-state index contributed by atoms with van der Waals surface area (Å²) in [6.45, 7) is 9.91. The zero-order chi connectivity index (χ0) is 23.2. The molecular formula is C22H32N2O6Si. The fourth-order valence-corrected chi connectivity index (χ4v) is 5.69. The third-order valence-electron chi connectivity index (χ3n) is 5.20. The minimum absolute atomic E-state index is 0.0811. The van der Waals surface area contributed by atoms with Gasteiger partial charge in [0.15, 0.2) is 5.78 Å². The number of ether oxygens (including phenoxy) is 2. The van der Waals surface area contributed by atoms with Crippen LogP contribution in [0.2, 0.25) is 13.1 Å².